The number of hydrogen-bond donors (Lipinski definition) is 1. The molecule has 0 saturated heterocycles. The second-order valence-electron chi connectivity index (χ2n) is 3.27. The van der Waals surface area contributed by atoms with Crippen LogP contribution in [0.5, 0.6) is 0 Å². The average molecular weight is 151 g/mol. The molecule has 0 amide bonds. The van der Waals surface area contributed by atoms with E-state index in [-0.39, 0.29) is 5.54 Å². The molecule has 1 fully saturated rings. The van der Waals surface area contributed by atoms with Crippen LogP contribution in [0.4, 0.5) is 0 Å². The molecule has 0 spiro atoms. The Kier molecular flexibility index (Phi) is 2.96. The van der Waals surface area contributed by atoms with Crippen LogP contribution in [0.15, 0.2) is 0 Å². The Morgan fingerprint density at radius 1 is 1.18 bits per heavy atom. The van der Waals surface area contributed by atoms with E-state index in [0.717, 1.165) is 0 Å². The lowest BCUT2D eigenvalue weighted by Crippen LogP contribution is -2.43. The fourth-order valence-electron chi connectivity index (χ4n) is 1.83. The van der Waals surface area contributed by atoms with Crippen LogP contribution in [0.3, 0.4) is 0 Å². The summed E-state index contributed by atoms with van der Waals surface area (Å²) in [6.45, 7) is 1.92. The molecule has 1 rings (SSSR count). The first-order chi connectivity index (χ1) is 5.33. The molecule has 1 N–H and O–H groups in total. The molecule has 0 aromatic carbocycles. The topological polar surface area (TPSA) is 12.0 Å². The van der Waals surface area contributed by atoms with Gasteiger partial charge >= 0.3 is 0 Å². The maximum Gasteiger partial charge on any atom is 0.0798 e. The van der Waals surface area contributed by atoms with Crippen LogP contribution in [0.25, 0.3) is 0 Å². The van der Waals surface area contributed by atoms with Crippen molar-refractivity contribution in [2.45, 2.75) is 44.6 Å². The van der Waals surface area contributed by atoms with E-state index >= 15 is 0 Å². The van der Waals surface area contributed by atoms with Crippen LogP contribution in [-0.2, 0) is 0 Å². The molecule has 1 saturated carbocycles. The predicted octanol–water partition coefficient (Wildman–Crippen LogP) is 1.93. The van der Waals surface area contributed by atoms with Gasteiger partial charge in [0.25, 0.3) is 0 Å². The summed E-state index contributed by atoms with van der Waals surface area (Å²) in [4.78, 5) is 0. The van der Waals surface area contributed by atoms with Gasteiger partial charge in [0.2, 0.25) is 0 Å². The van der Waals surface area contributed by atoms with Crippen molar-refractivity contribution >= 4 is 0 Å². The fraction of sp³-hybridized carbons (Fsp3) is 0.800. The Morgan fingerprint density at radius 3 is 2.27 bits per heavy atom. The highest BCUT2D eigenvalue weighted by atomic mass is 14.9. The van der Waals surface area contributed by atoms with E-state index in [1.54, 1.807) is 0 Å². The van der Waals surface area contributed by atoms with Gasteiger partial charge in [0, 0.05) is 0 Å². The number of hydrogen-bond acceptors (Lipinski definition) is 1. The second kappa shape index (κ2) is 3.78. The zero-order valence-electron chi connectivity index (χ0n) is 7.54. The van der Waals surface area contributed by atoms with Gasteiger partial charge in [0.15, 0.2) is 0 Å². The Bertz CT molecular complexity index is 167. The molecule has 0 heterocycles. The van der Waals surface area contributed by atoms with Crippen molar-refractivity contribution in [1.82, 2.24) is 5.32 Å². The van der Waals surface area contributed by atoms with Gasteiger partial charge in [-0.15, -0.1) is 5.92 Å². The van der Waals surface area contributed by atoms with Crippen LogP contribution >= 0.6 is 0 Å². The minimum Gasteiger partial charge on any atom is -0.304 e. The lowest BCUT2D eigenvalue weighted by atomic mass is 9.82. The third-order valence-electron chi connectivity index (χ3n) is 2.55. The zero-order chi connectivity index (χ0) is 8.16. The molecule has 0 atom stereocenters. The van der Waals surface area contributed by atoms with Gasteiger partial charge < -0.3 is 5.32 Å². The summed E-state index contributed by atoms with van der Waals surface area (Å²) in [6, 6.07) is 0. The SMILES string of the molecule is CC#CC1(NC)CCCCC1. The third kappa shape index (κ3) is 1.97. The van der Waals surface area contributed by atoms with Gasteiger partial charge in [-0.2, -0.15) is 0 Å². The van der Waals surface area contributed by atoms with Gasteiger partial charge in [0.05, 0.1) is 5.54 Å². The third-order valence-corrected chi connectivity index (χ3v) is 2.55. The minimum atomic E-state index is 0.160. The summed E-state index contributed by atoms with van der Waals surface area (Å²) in [5, 5.41) is 3.34. The molecule has 62 valence electrons. The zero-order valence-corrected chi connectivity index (χ0v) is 7.54. The Balaban J connectivity index is 2.62. The summed E-state index contributed by atoms with van der Waals surface area (Å²) >= 11 is 0. The molecule has 1 aliphatic rings. The summed E-state index contributed by atoms with van der Waals surface area (Å²) in [7, 11) is 2.02. The predicted molar refractivity (Wildman–Crippen MR) is 48.3 cm³/mol. The van der Waals surface area contributed by atoms with Crippen molar-refractivity contribution in [1.29, 1.82) is 0 Å². The highest BCUT2D eigenvalue weighted by Gasteiger charge is 2.27. The van der Waals surface area contributed by atoms with E-state index in [4.69, 9.17) is 0 Å². The van der Waals surface area contributed by atoms with Crippen LogP contribution in [0, 0.1) is 11.8 Å². The van der Waals surface area contributed by atoms with Crippen LogP contribution in [0.2, 0.25) is 0 Å². The quantitative estimate of drug-likeness (QED) is 0.565. The smallest absolute Gasteiger partial charge is 0.0798 e. The highest BCUT2D eigenvalue weighted by Crippen LogP contribution is 2.26. The molecule has 0 aromatic rings. The summed E-state index contributed by atoms with van der Waals surface area (Å²) in [5.74, 6) is 6.30. The molecule has 0 bridgehead atoms. The van der Waals surface area contributed by atoms with Crippen molar-refractivity contribution in [3.63, 3.8) is 0 Å². The van der Waals surface area contributed by atoms with E-state index in [1.165, 1.54) is 32.1 Å². The molecule has 0 aliphatic heterocycles. The first kappa shape index (κ1) is 8.62. The summed E-state index contributed by atoms with van der Waals surface area (Å²) in [5.41, 5.74) is 0.160. The molecule has 11 heavy (non-hydrogen) atoms. The van der Waals surface area contributed by atoms with Gasteiger partial charge in [-0.3, -0.25) is 0 Å². The molecular weight excluding hydrogens is 134 g/mol. The molecule has 1 aliphatic carbocycles. The van der Waals surface area contributed by atoms with Crippen molar-refractivity contribution < 1.29 is 0 Å². The summed E-state index contributed by atoms with van der Waals surface area (Å²) in [6.07, 6.45) is 6.49. The molecule has 0 aromatic heterocycles. The summed E-state index contributed by atoms with van der Waals surface area (Å²) < 4.78 is 0. The monoisotopic (exact) mass is 151 g/mol. The normalized spacial score (nSPS) is 22.0. The van der Waals surface area contributed by atoms with Crippen LogP contribution in [0.1, 0.15) is 39.0 Å². The average Bonchev–Trinajstić information content (AvgIpc) is 2.07. The van der Waals surface area contributed by atoms with Crippen LogP contribution in [-0.4, -0.2) is 12.6 Å². The van der Waals surface area contributed by atoms with Crippen LogP contribution < -0.4 is 5.32 Å². The number of rotatable bonds is 1. The lowest BCUT2D eigenvalue weighted by molar-refractivity contribution is 0.319. The first-order valence-electron chi connectivity index (χ1n) is 4.46. The molecular formula is C10H17N. The molecule has 1 heteroatoms. The largest absolute Gasteiger partial charge is 0.304 e. The van der Waals surface area contributed by atoms with Crippen molar-refractivity contribution in [2.24, 2.45) is 0 Å². The van der Waals surface area contributed by atoms with Gasteiger partial charge in [-0.05, 0) is 26.8 Å². The second-order valence-corrected chi connectivity index (χ2v) is 3.27. The van der Waals surface area contributed by atoms with E-state index in [2.05, 4.69) is 17.2 Å². The van der Waals surface area contributed by atoms with E-state index < -0.39 is 0 Å². The van der Waals surface area contributed by atoms with E-state index in [1.807, 2.05) is 14.0 Å². The standard InChI is InChI=1S/C10H17N/c1-3-7-10(11-2)8-5-4-6-9-10/h11H,4-6,8-9H2,1-2H3. The molecule has 1 nitrogen and oxygen atoms in total. The van der Waals surface area contributed by atoms with Crippen molar-refractivity contribution in [3.8, 4) is 11.8 Å². The van der Waals surface area contributed by atoms with Gasteiger partial charge in [-0.1, -0.05) is 25.2 Å². The van der Waals surface area contributed by atoms with Crippen molar-refractivity contribution in [3.05, 3.63) is 0 Å². The molecule has 0 radical (unpaired) electrons. The maximum absolute atomic E-state index is 3.34. The molecule has 0 unspecified atom stereocenters. The first-order valence-corrected chi connectivity index (χ1v) is 4.46. The minimum absolute atomic E-state index is 0.160. The lowest BCUT2D eigenvalue weighted by Gasteiger charge is -2.32. The van der Waals surface area contributed by atoms with E-state index in [9.17, 15) is 0 Å². The van der Waals surface area contributed by atoms with Crippen molar-refractivity contribution in [2.75, 3.05) is 7.05 Å². The Hall–Kier alpha value is -0.480. The Labute approximate surface area is 69.6 Å². The van der Waals surface area contributed by atoms with Gasteiger partial charge in [0.1, 0.15) is 0 Å². The highest BCUT2D eigenvalue weighted by molar-refractivity contribution is 5.17. The fourth-order valence-corrected chi connectivity index (χ4v) is 1.83. The Morgan fingerprint density at radius 2 is 1.82 bits per heavy atom. The van der Waals surface area contributed by atoms with Gasteiger partial charge in [-0.25, -0.2) is 0 Å². The maximum atomic E-state index is 3.34. The van der Waals surface area contributed by atoms with E-state index in [0.29, 0.717) is 0 Å². The number of nitrogens with one attached hydrogen (secondary N) is 1.